The van der Waals surface area contributed by atoms with Gasteiger partial charge in [0.05, 0.1) is 23.0 Å². The van der Waals surface area contributed by atoms with E-state index in [4.69, 9.17) is 5.10 Å². The van der Waals surface area contributed by atoms with Crippen molar-refractivity contribution in [3.8, 4) is 10.6 Å². The molecule has 0 spiro atoms. The molecule has 0 saturated heterocycles. The van der Waals surface area contributed by atoms with Crippen molar-refractivity contribution in [2.45, 2.75) is 26.4 Å². The number of anilines is 1. The van der Waals surface area contributed by atoms with Crippen LogP contribution in [-0.4, -0.2) is 21.6 Å². The van der Waals surface area contributed by atoms with E-state index in [9.17, 15) is 9.59 Å². The lowest BCUT2D eigenvalue weighted by Gasteiger charge is -2.15. The fraction of sp³-hybridized carbons (Fsp3) is 0.160. The highest BCUT2D eigenvalue weighted by Gasteiger charge is 2.21. The van der Waals surface area contributed by atoms with Crippen LogP contribution in [0.4, 0.5) is 5.69 Å². The summed E-state index contributed by atoms with van der Waals surface area (Å²) in [4.78, 5) is 25.5. The van der Waals surface area contributed by atoms with Crippen LogP contribution in [0.2, 0.25) is 0 Å². The van der Waals surface area contributed by atoms with Crippen LogP contribution in [0.3, 0.4) is 0 Å². The average molecular weight is 445 g/mol. The number of aromatic nitrogens is 2. The summed E-state index contributed by atoms with van der Waals surface area (Å²) < 4.78 is 1.81. The molecule has 0 bridgehead atoms. The first-order valence-electron chi connectivity index (χ1n) is 10.3. The molecule has 162 valence electrons. The number of amides is 2. The van der Waals surface area contributed by atoms with Crippen molar-refractivity contribution in [2.24, 2.45) is 0 Å². The van der Waals surface area contributed by atoms with Crippen molar-refractivity contribution in [3.05, 3.63) is 95.0 Å². The molecule has 1 atom stereocenters. The maximum Gasteiger partial charge on any atom is 0.255 e. The zero-order valence-corrected chi connectivity index (χ0v) is 18.7. The maximum atomic E-state index is 13.2. The van der Waals surface area contributed by atoms with Gasteiger partial charge in [0.15, 0.2) is 0 Å². The van der Waals surface area contributed by atoms with Crippen LogP contribution in [0.1, 0.15) is 41.4 Å². The topological polar surface area (TPSA) is 76.0 Å². The Morgan fingerprint density at radius 3 is 2.59 bits per heavy atom. The Morgan fingerprint density at radius 2 is 1.88 bits per heavy atom. The van der Waals surface area contributed by atoms with Gasteiger partial charge >= 0.3 is 0 Å². The number of nitrogens with zero attached hydrogens (tertiary/aromatic N) is 2. The van der Waals surface area contributed by atoms with Gasteiger partial charge in [-0.3, -0.25) is 14.3 Å². The van der Waals surface area contributed by atoms with Crippen LogP contribution < -0.4 is 10.6 Å². The molecule has 2 heterocycles. The fourth-order valence-electron chi connectivity index (χ4n) is 3.48. The van der Waals surface area contributed by atoms with E-state index in [0.717, 1.165) is 16.0 Å². The Labute approximate surface area is 190 Å². The molecule has 2 aromatic heterocycles. The average Bonchev–Trinajstić information content (AvgIpc) is 3.44. The van der Waals surface area contributed by atoms with Crippen molar-refractivity contribution in [1.29, 1.82) is 0 Å². The molecule has 0 saturated carbocycles. The Kier molecular flexibility index (Phi) is 6.47. The third-order valence-electron chi connectivity index (χ3n) is 5.00. The van der Waals surface area contributed by atoms with Crippen molar-refractivity contribution >= 4 is 28.8 Å². The molecule has 4 rings (SSSR count). The predicted octanol–water partition coefficient (Wildman–Crippen LogP) is 5.11. The smallest absolute Gasteiger partial charge is 0.255 e. The second kappa shape index (κ2) is 9.62. The van der Waals surface area contributed by atoms with E-state index in [-0.39, 0.29) is 17.9 Å². The Bertz CT molecular complexity index is 1220. The highest BCUT2D eigenvalue weighted by Crippen LogP contribution is 2.28. The molecular weight excluding hydrogens is 420 g/mol. The zero-order valence-electron chi connectivity index (χ0n) is 17.9. The van der Waals surface area contributed by atoms with Crippen molar-refractivity contribution < 1.29 is 9.59 Å². The molecule has 2 N–H and O–H groups in total. The highest BCUT2D eigenvalue weighted by atomic mass is 32.1. The molecule has 6 nitrogen and oxygen atoms in total. The Morgan fingerprint density at radius 1 is 1.06 bits per heavy atom. The third-order valence-corrected chi connectivity index (χ3v) is 5.88. The lowest BCUT2D eigenvalue weighted by Crippen LogP contribution is -2.26. The molecule has 0 aliphatic heterocycles. The quantitative estimate of drug-likeness (QED) is 0.416. The summed E-state index contributed by atoms with van der Waals surface area (Å²) in [5, 5.41) is 12.5. The van der Waals surface area contributed by atoms with Crippen molar-refractivity contribution in [2.75, 3.05) is 5.32 Å². The van der Waals surface area contributed by atoms with Crippen LogP contribution in [0.15, 0.2) is 78.3 Å². The minimum Gasteiger partial charge on any atom is -0.345 e. The van der Waals surface area contributed by atoms with Crippen LogP contribution >= 0.6 is 11.3 Å². The van der Waals surface area contributed by atoms with Gasteiger partial charge in [-0.2, -0.15) is 5.10 Å². The number of carbonyl (C=O) groups is 2. The second-order valence-corrected chi connectivity index (χ2v) is 8.50. The molecule has 0 aliphatic carbocycles. The molecule has 1 unspecified atom stereocenters. The lowest BCUT2D eigenvalue weighted by atomic mass is 10.1. The number of carbonyl (C=O) groups excluding carboxylic acids is 2. The molecule has 32 heavy (non-hydrogen) atoms. The predicted molar refractivity (Wildman–Crippen MR) is 128 cm³/mol. The van der Waals surface area contributed by atoms with Gasteiger partial charge in [-0.05, 0) is 41.6 Å². The number of benzene rings is 2. The van der Waals surface area contributed by atoms with Crippen LogP contribution in [0.25, 0.3) is 10.6 Å². The van der Waals surface area contributed by atoms with Gasteiger partial charge in [-0.25, -0.2) is 0 Å². The molecule has 2 amide bonds. The summed E-state index contributed by atoms with van der Waals surface area (Å²) in [5.74, 6) is -0.324. The van der Waals surface area contributed by atoms with Crippen LogP contribution in [0.5, 0.6) is 0 Å². The monoisotopic (exact) mass is 444 g/mol. The summed E-state index contributed by atoms with van der Waals surface area (Å²) in [6.07, 6.45) is 1.80. The van der Waals surface area contributed by atoms with Crippen molar-refractivity contribution in [1.82, 2.24) is 15.1 Å². The number of thiophene rings is 1. The lowest BCUT2D eigenvalue weighted by molar-refractivity contribution is -0.114. The Balaban J connectivity index is 1.58. The fourth-order valence-corrected chi connectivity index (χ4v) is 4.20. The molecular formula is C25H24N4O2S. The van der Waals surface area contributed by atoms with E-state index >= 15 is 0 Å². The summed E-state index contributed by atoms with van der Waals surface area (Å²) >= 11 is 1.55. The van der Waals surface area contributed by atoms with Crippen LogP contribution in [0, 0.1) is 0 Å². The van der Waals surface area contributed by atoms with Gasteiger partial charge in [-0.15, -0.1) is 11.3 Å². The molecule has 0 fully saturated rings. The first kappa shape index (κ1) is 21.5. The van der Waals surface area contributed by atoms with E-state index < -0.39 is 0 Å². The van der Waals surface area contributed by atoms with Gasteiger partial charge in [0.1, 0.15) is 5.69 Å². The van der Waals surface area contributed by atoms with E-state index in [2.05, 4.69) is 10.6 Å². The first-order valence-corrected chi connectivity index (χ1v) is 11.2. The largest absolute Gasteiger partial charge is 0.345 e. The minimum absolute atomic E-state index is 0.134. The SMILES string of the molecule is CC(=O)Nc1cccc(C(C)NC(=O)c2cn(Cc3ccccc3)nc2-c2cccs2)c1. The van der Waals surface area contributed by atoms with E-state index in [1.807, 2.05) is 79.0 Å². The highest BCUT2D eigenvalue weighted by molar-refractivity contribution is 7.13. The van der Waals surface area contributed by atoms with E-state index in [0.29, 0.717) is 23.5 Å². The molecule has 0 aliphatic rings. The van der Waals surface area contributed by atoms with Gasteiger partial charge < -0.3 is 10.6 Å². The van der Waals surface area contributed by atoms with Gasteiger partial charge in [0.2, 0.25) is 5.91 Å². The van der Waals surface area contributed by atoms with Crippen LogP contribution in [-0.2, 0) is 11.3 Å². The van der Waals surface area contributed by atoms with Gasteiger partial charge in [0.25, 0.3) is 5.91 Å². The zero-order chi connectivity index (χ0) is 22.5. The van der Waals surface area contributed by atoms with Crippen molar-refractivity contribution in [3.63, 3.8) is 0 Å². The van der Waals surface area contributed by atoms with Gasteiger partial charge in [0, 0.05) is 18.8 Å². The number of hydrogen-bond acceptors (Lipinski definition) is 4. The summed E-state index contributed by atoms with van der Waals surface area (Å²) in [5.41, 5.74) is 3.92. The second-order valence-electron chi connectivity index (χ2n) is 7.55. The molecule has 7 heteroatoms. The normalized spacial score (nSPS) is 11.7. The summed E-state index contributed by atoms with van der Waals surface area (Å²) in [7, 11) is 0. The first-order chi connectivity index (χ1) is 15.5. The Hall–Kier alpha value is -3.71. The standard InChI is InChI=1S/C25H24N4O2S/c1-17(20-10-6-11-21(14-20)27-18(2)30)26-25(31)22-16-29(15-19-8-4-3-5-9-19)28-24(22)23-12-7-13-32-23/h3-14,16-17H,15H2,1-2H3,(H,26,31)(H,27,30). The number of hydrogen-bond donors (Lipinski definition) is 2. The number of rotatable bonds is 7. The van der Waals surface area contributed by atoms with E-state index in [1.165, 1.54) is 6.92 Å². The molecule has 4 aromatic rings. The minimum atomic E-state index is -0.245. The summed E-state index contributed by atoms with van der Waals surface area (Å²) in [6.45, 7) is 3.97. The third kappa shape index (κ3) is 5.12. The molecule has 2 aromatic carbocycles. The summed E-state index contributed by atoms with van der Waals surface area (Å²) in [6, 6.07) is 21.2. The van der Waals surface area contributed by atoms with E-state index in [1.54, 1.807) is 22.2 Å². The van der Waals surface area contributed by atoms with Gasteiger partial charge in [-0.1, -0.05) is 48.5 Å². The molecule has 0 radical (unpaired) electrons. The number of nitrogens with one attached hydrogen (secondary N) is 2. The maximum absolute atomic E-state index is 13.2.